The molecule has 0 aliphatic heterocycles. The van der Waals surface area contributed by atoms with E-state index in [4.69, 9.17) is 4.74 Å². The summed E-state index contributed by atoms with van der Waals surface area (Å²) < 4.78 is 5.66. The van der Waals surface area contributed by atoms with Gasteiger partial charge in [0.2, 0.25) is 0 Å². The van der Waals surface area contributed by atoms with Crippen LogP contribution in [0.1, 0.15) is 31.3 Å². The Morgan fingerprint density at radius 2 is 1.90 bits per heavy atom. The Bertz CT molecular complexity index is 486. The number of nitrogens with one attached hydrogen (secondary N) is 2. The number of hydrogen-bond donors (Lipinski definition) is 2. The topological polar surface area (TPSA) is 80.3 Å². The van der Waals surface area contributed by atoms with E-state index in [9.17, 15) is 9.59 Å². The van der Waals surface area contributed by atoms with Gasteiger partial charge in [-0.3, -0.25) is 4.79 Å². The molecule has 0 saturated heterocycles. The van der Waals surface area contributed by atoms with E-state index >= 15 is 0 Å². The van der Waals surface area contributed by atoms with Crippen molar-refractivity contribution in [3.05, 3.63) is 28.5 Å². The van der Waals surface area contributed by atoms with E-state index in [2.05, 4.69) is 31.5 Å². The molecule has 0 aliphatic carbocycles. The van der Waals surface area contributed by atoms with Crippen LogP contribution in [0.3, 0.4) is 0 Å². The predicted molar refractivity (Wildman–Crippen MR) is 78.5 cm³/mol. The number of hydrogen-bond acceptors (Lipinski definition) is 4. The van der Waals surface area contributed by atoms with Crippen molar-refractivity contribution in [2.45, 2.75) is 26.4 Å². The fraction of sp³-hybridized carbons (Fsp3) is 0.462. The third-order valence-electron chi connectivity index (χ3n) is 2.03. The first-order valence-corrected chi connectivity index (χ1v) is 6.95. The molecule has 0 bridgehead atoms. The van der Waals surface area contributed by atoms with Crippen LogP contribution < -0.4 is 10.6 Å². The number of rotatable bonds is 4. The standard InChI is InChI=1S/C13H18BrN3O3/c1-13(2,3)20-12(19)16-8-7-15-11(18)9-5-4-6-10(14)17-9/h4-6H,7-8H2,1-3H3,(H,15,18)(H,16,19). The molecular formula is C13H18BrN3O3. The lowest BCUT2D eigenvalue weighted by Crippen LogP contribution is -2.38. The quantitative estimate of drug-likeness (QED) is 0.648. The largest absolute Gasteiger partial charge is 0.444 e. The zero-order chi connectivity index (χ0) is 15.2. The second kappa shape index (κ2) is 7.23. The molecule has 1 heterocycles. The van der Waals surface area contributed by atoms with Gasteiger partial charge in [0.1, 0.15) is 15.9 Å². The van der Waals surface area contributed by atoms with Crippen LogP contribution in [0.15, 0.2) is 22.8 Å². The van der Waals surface area contributed by atoms with E-state index in [1.807, 2.05) is 0 Å². The fourth-order valence-corrected chi connectivity index (χ4v) is 1.62. The highest BCUT2D eigenvalue weighted by Gasteiger charge is 2.15. The number of halogens is 1. The second-order valence-electron chi connectivity index (χ2n) is 5.03. The molecule has 0 saturated carbocycles. The fourth-order valence-electron chi connectivity index (χ4n) is 1.28. The SMILES string of the molecule is CC(C)(C)OC(=O)NCCNC(=O)c1cccc(Br)n1. The van der Waals surface area contributed by atoms with Gasteiger partial charge in [0, 0.05) is 13.1 Å². The number of ether oxygens (including phenoxy) is 1. The van der Waals surface area contributed by atoms with Crippen LogP contribution in [0, 0.1) is 0 Å². The van der Waals surface area contributed by atoms with Crippen molar-refractivity contribution in [3.8, 4) is 0 Å². The Balaban J connectivity index is 2.28. The third-order valence-corrected chi connectivity index (χ3v) is 2.47. The monoisotopic (exact) mass is 343 g/mol. The molecule has 0 aromatic carbocycles. The van der Waals surface area contributed by atoms with Gasteiger partial charge in [-0.15, -0.1) is 0 Å². The first-order chi connectivity index (χ1) is 9.28. The first kappa shape index (κ1) is 16.4. The van der Waals surface area contributed by atoms with Crippen molar-refractivity contribution in [2.24, 2.45) is 0 Å². The summed E-state index contributed by atoms with van der Waals surface area (Å²) in [4.78, 5) is 27.1. The van der Waals surface area contributed by atoms with Crippen LogP contribution in [0.25, 0.3) is 0 Å². The van der Waals surface area contributed by atoms with Crippen molar-refractivity contribution < 1.29 is 14.3 Å². The molecule has 1 aromatic rings. The molecule has 0 atom stereocenters. The predicted octanol–water partition coefficient (Wildman–Crippen LogP) is 2.10. The second-order valence-corrected chi connectivity index (χ2v) is 5.84. The van der Waals surface area contributed by atoms with Crippen LogP contribution in [-0.2, 0) is 4.74 Å². The molecule has 0 radical (unpaired) electrons. The normalized spacial score (nSPS) is 10.8. The average molecular weight is 344 g/mol. The molecule has 2 N–H and O–H groups in total. The number of alkyl carbamates (subject to hydrolysis) is 1. The van der Waals surface area contributed by atoms with Gasteiger partial charge >= 0.3 is 6.09 Å². The van der Waals surface area contributed by atoms with E-state index < -0.39 is 11.7 Å². The highest BCUT2D eigenvalue weighted by molar-refractivity contribution is 9.10. The number of carbonyl (C=O) groups is 2. The zero-order valence-electron chi connectivity index (χ0n) is 11.7. The van der Waals surface area contributed by atoms with Crippen molar-refractivity contribution in [2.75, 3.05) is 13.1 Å². The van der Waals surface area contributed by atoms with Gasteiger partial charge in [-0.05, 0) is 48.8 Å². The van der Waals surface area contributed by atoms with Crippen LogP contribution in [0.4, 0.5) is 4.79 Å². The van der Waals surface area contributed by atoms with E-state index in [0.29, 0.717) is 16.8 Å². The van der Waals surface area contributed by atoms with Gasteiger partial charge in [-0.25, -0.2) is 9.78 Å². The van der Waals surface area contributed by atoms with Crippen molar-refractivity contribution in [1.82, 2.24) is 15.6 Å². The van der Waals surface area contributed by atoms with E-state index in [-0.39, 0.29) is 12.5 Å². The maximum Gasteiger partial charge on any atom is 0.407 e. The maximum atomic E-state index is 11.7. The molecular weight excluding hydrogens is 326 g/mol. The average Bonchev–Trinajstić information content (AvgIpc) is 2.32. The van der Waals surface area contributed by atoms with Crippen LogP contribution in [-0.4, -0.2) is 35.7 Å². The lowest BCUT2D eigenvalue weighted by Gasteiger charge is -2.19. The van der Waals surface area contributed by atoms with E-state index in [1.54, 1.807) is 39.0 Å². The molecule has 1 aromatic heterocycles. The minimum atomic E-state index is -0.534. The molecule has 6 nitrogen and oxygen atoms in total. The summed E-state index contributed by atoms with van der Waals surface area (Å²) in [6.45, 7) is 5.94. The van der Waals surface area contributed by atoms with Gasteiger partial charge in [-0.2, -0.15) is 0 Å². The summed E-state index contributed by atoms with van der Waals surface area (Å²) in [6, 6.07) is 5.08. The maximum absolute atomic E-state index is 11.7. The highest BCUT2D eigenvalue weighted by Crippen LogP contribution is 2.06. The Morgan fingerprint density at radius 3 is 2.50 bits per heavy atom. The van der Waals surface area contributed by atoms with E-state index in [0.717, 1.165) is 0 Å². The van der Waals surface area contributed by atoms with Gasteiger partial charge in [-0.1, -0.05) is 6.07 Å². The smallest absolute Gasteiger partial charge is 0.407 e. The Hall–Kier alpha value is -1.63. The van der Waals surface area contributed by atoms with Crippen LogP contribution in [0.5, 0.6) is 0 Å². The van der Waals surface area contributed by atoms with Crippen molar-refractivity contribution in [1.29, 1.82) is 0 Å². The molecule has 0 spiro atoms. The van der Waals surface area contributed by atoms with Gasteiger partial charge in [0.05, 0.1) is 0 Å². The van der Waals surface area contributed by atoms with E-state index in [1.165, 1.54) is 0 Å². The molecule has 7 heteroatoms. The van der Waals surface area contributed by atoms with Crippen LogP contribution in [0.2, 0.25) is 0 Å². The molecule has 2 amide bonds. The Labute approximate surface area is 126 Å². The van der Waals surface area contributed by atoms with Gasteiger partial charge in [0.25, 0.3) is 5.91 Å². The minimum absolute atomic E-state index is 0.286. The highest BCUT2D eigenvalue weighted by atomic mass is 79.9. The van der Waals surface area contributed by atoms with Gasteiger partial charge < -0.3 is 15.4 Å². The number of carbonyl (C=O) groups excluding carboxylic acids is 2. The Morgan fingerprint density at radius 1 is 1.25 bits per heavy atom. The Kier molecular flexibility index (Phi) is 5.94. The summed E-state index contributed by atoms with van der Waals surface area (Å²) in [5.41, 5.74) is -0.218. The lowest BCUT2D eigenvalue weighted by atomic mass is 10.2. The van der Waals surface area contributed by atoms with Crippen LogP contribution >= 0.6 is 15.9 Å². The summed E-state index contributed by atoms with van der Waals surface area (Å²) in [5.74, 6) is -0.294. The summed E-state index contributed by atoms with van der Waals surface area (Å²) >= 11 is 3.19. The van der Waals surface area contributed by atoms with Crippen molar-refractivity contribution >= 4 is 27.9 Å². The number of aromatic nitrogens is 1. The summed E-state index contributed by atoms with van der Waals surface area (Å²) in [7, 11) is 0. The molecule has 20 heavy (non-hydrogen) atoms. The lowest BCUT2D eigenvalue weighted by molar-refractivity contribution is 0.0526. The zero-order valence-corrected chi connectivity index (χ0v) is 13.3. The number of amides is 2. The summed E-state index contributed by atoms with van der Waals surface area (Å²) in [6.07, 6.45) is -0.507. The number of pyridine rings is 1. The van der Waals surface area contributed by atoms with Crippen molar-refractivity contribution in [3.63, 3.8) is 0 Å². The molecule has 1 rings (SSSR count). The molecule has 0 fully saturated rings. The molecule has 0 aliphatic rings. The molecule has 110 valence electrons. The first-order valence-electron chi connectivity index (χ1n) is 6.15. The molecule has 0 unspecified atom stereocenters. The minimum Gasteiger partial charge on any atom is -0.444 e. The third kappa shape index (κ3) is 6.51. The number of nitrogens with zero attached hydrogens (tertiary/aromatic N) is 1. The van der Waals surface area contributed by atoms with Gasteiger partial charge in [0.15, 0.2) is 0 Å². The summed E-state index contributed by atoms with van der Waals surface area (Å²) in [5, 5.41) is 5.20.